The number of allylic oxidation sites excluding steroid dienone is 8. The van der Waals surface area contributed by atoms with E-state index in [1.165, 1.54) is 295 Å². The minimum absolute atomic E-state index is 0.00330. The summed E-state index contributed by atoms with van der Waals surface area (Å²) in [5.41, 5.74) is 0. The highest BCUT2D eigenvalue weighted by atomic mass is 16.5. The van der Waals surface area contributed by atoms with Gasteiger partial charge in [0.05, 0.1) is 25.4 Å². The lowest BCUT2D eigenvalue weighted by Crippen LogP contribution is -2.45. The van der Waals surface area contributed by atoms with Crippen molar-refractivity contribution >= 4 is 11.9 Å². The summed E-state index contributed by atoms with van der Waals surface area (Å²) < 4.78 is 5.48. The van der Waals surface area contributed by atoms with Crippen molar-refractivity contribution in [1.29, 1.82) is 0 Å². The molecule has 0 aliphatic carbocycles. The predicted molar refractivity (Wildman–Crippen MR) is 352 cm³/mol. The molecule has 0 aromatic carbocycles. The molecule has 0 aromatic rings. The molecule has 6 heteroatoms. The summed E-state index contributed by atoms with van der Waals surface area (Å²) in [6.07, 6.45) is 90.4. The van der Waals surface area contributed by atoms with Crippen LogP contribution in [0.25, 0.3) is 0 Å². The van der Waals surface area contributed by atoms with E-state index >= 15 is 0 Å². The average Bonchev–Trinajstić information content (AvgIpc) is 3.46. The molecule has 0 radical (unpaired) electrons. The number of rotatable bonds is 67. The number of nitrogens with one attached hydrogen (secondary N) is 1. The van der Waals surface area contributed by atoms with Crippen molar-refractivity contribution in [2.75, 3.05) is 13.2 Å². The summed E-state index contributed by atoms with van der Waals surface area (Å²) in [5, 5.41) is 23.3. The molecule has 0 heterocycles. The highest BCUT2D eigenvalue weighted by molar-refractivity contribution is 5.76. The molecule has 470 valence electrons. The molecule has 0 saturated carbocycles. The van der Waals surface area contributed by atoms with E-state index in [-0.39, 0.29) is 18.5 Å². The van der Waals surface area contributed by atoms with Gasteiger partial charge in [-0.25, -0.2) is 0 Å². The smallest absolute Gasteiger partial charge is 0.305 e. The van der Waals surface area contributed by atoms with E-state index in [0.29, 0.717) is 25.9 Å². The van der Waals surface area contributed by atoms with Gasteiger partial charge in [0.1, 0.15) is 0 Å². The maximum absolute atomic E-state index is 12.5. The Balaban J connectivity index is 3.35. The van der Waals surface area contributed by atoms with E-state index in [4.69, 9.17) is 4.74 Å². The molecule has 2 atom stereocenters. The summed E-state index contributed by atoms with van der Waals surface area (Å²) in [6, 6.07) is -0.539. The molecular formula is C74H139NO5. The van der Waals surface area contributed by atoms with Gasteiger partial charge in [0.25, 0.3) is 0 Å². The minimum Gasteiger partial charge on any atom is -0.466 e. The topological polar surface area (TPSA) is 95.9 Å². The van der Waals surface area contributed by atoms with Gasteiger partial charge in [-0.15, -0.1) is 0 Å². The molecule has 2 unspecified atom stereocenters. The van der Waals surface area contributed by atoms with E-state index < -0.39 is 12.1 Å². The van der Waals surface area contributed by atoms with Crippen molar-refractivity contribution in [2.45, 2.75) is 398 Å². The summed E-state index contributed by atoms with van der Waals surface area (Å²) in [6.45, 7) is 4.90. The molecule has 1 amide bonds. The van der Waals surface area contributed by atoms with Gasteiger partial charge in [-0.05, 0) is 83.5 Å². The maximum Gasteiger partial charge on any atom is 0.305 e. The number of hydrogen-bond donors (Lipinski definition) is 3. The average molecular weight is 1120 g/mol. The zero-order valence-corrected chi connectivity index (χ0v) is 53.8. The Bertz CT molecular complexity index is 1340. The Hall–Kier alpha value is -2.18. The van der Waals surface area contributed by atoms with E-state index in [1.807, 2.05) is 0 Å². The van der Waals surface area contributed by atoms with Gasteiger partial charge in [0, 0.05) is 12.8 Å². The number of hydrogen-bond acceptors (Lipinski definition) is 5. The second-order valence-corrected chi connectivity index (χ2v) is 24.6. The van der Waals surface area contributed by atoms with Crippen molar-refractivity contribution in [1.82, 2.24) is 5.32 Å². The van der Waals surface area contributed by atoms with Crippen LogP contribution >= 0.6 is 0 Å². The van der Waals surface area contributed by atoms with E-state index in [1.54, 1.807) is 0 Å². The standard InChI is InChI=1S/C74H139NO5/c1-3-5-7-9-11-13-15-42-46-50-54-58-62-66-72(77)71(70-76)75-73(78)67-63-59-55-51-47-44-40-38-36-34-32-30-28-26-24-22-20-18-17-19-21-23-25-27-29-31-33-35-37-39-41-45-49-53-57-61-65-69-80-74(79)68-64-60-56-52-48-43-16-14-12-10-8-6-4-2/h8,10,14,16-17,19,23,25,71-72,76-77H,3-7,9,11-13,15,18,20-22,24,26-70H2,1-2H3,(H,75,78)/b10-8-,16-14-,19-17-,25-23-. The summed E-state index contributed by atoms with van der Waals surface area (Å²) in [4.78, 5) is 24.5. The lowest BCUT2D eigenvalue weighted by Gasteiger charge is -2.22. The van der Waals surface area contributed by atoms with Gasteiger partial charge >= 0.3 is 5.97 Å². The van der Waals surface area contributed by atoms with Crippen molar-refractivity contribution in [3.8, 4) is 0 Å². The SMILES string of the molecule is CCC/C=C\C/C=C\CCCCCCCC(=O)OCCCCCCCCCCCCCCC/C=C\C/C=C\CCCCCCCCCCCCCCCCCCCC(=O)NC(CO)C(O)CCCCCCCCCCCCCCC. The van der Waals surface area contributed by atoms with Crippen molar-refractivity contribution in [3.05, 3.63) is 48.6 Å². The van der Waals surface area contributed by atoms with Gasteiger partial charge in [0.2, 0.25) is 5.91 Å². The Kier molecular flexibility index (Phi) is 67.4. The van der Waals surface area contributed by atoms with Crippen LogP contribution in [0.15, 0.2) is 48.6 Å². The fraction of sp³-hybridized carbons (Fsp3) is 0.865. The summed E-state index contributed by atoms with van der Waals surface area (Å²) in [5.74, 6) is -0.0274. The summed E-state index contributed by atoms with van der Waals surface area (Å²) >= 11 is 0. The Morgan fingerprint density at radius 2 is 0.650 bits per heavy atom. The number of ether oxygens (including phenoxy) is 1. The van der Waals surface area contributed by atoms with Gasteiger partial charge in [0.15, 0.2) is 0 Å². The molecule has 0 saturated heterocycles. The number of unbranched alkanes of at least 4 members (excludes halogenated alkanes) is 48. The minimum atomic E-state index is -0.662. The molecule has 80 heavy (non-hydrogen) atoms. The van der Waals surface area contributed by atoms with Crippen LogP contribution in [0.5, 0.6) is 0 Å². The normalized spacial score (nSPS) is 12.8. The van der Waals surface area contributed by atoms with Crippen LogP contribution in [0.2, 0.25) is 0 Å². The van der Waals surface area contributed by atoms with Crippen molar-refractivity contribution < 1.29 is 24.5 Å². The highest BCUT2D eigenvalue weighted by Gasteiger charge is 2.20. The number of aliphatic hydroxyl groups is 2. The third-order valence-corrected chi connectivity index (χ3v) is 16.6. The first kappa shape index (κ1) is 77.8. The largest absolute Gasteiger partial charge is 0.466 e. The second-order valence-electron chi connectivity index (χ2n) is 24.6. The third-order valence-electron chi connectivity index (χ3n) is 16.6. The molecule has 0 fully saturated rings. The molecule has 0 aliphatic rings. The molecule has 0 bridgehead atoms. The number of aliphatic hydroxyl groups excluding tert-OH is 2. The maximum atomic E-state index is 12.5. The second kappa shape index (κ2) is 69.3. The zero-order valence-electron chi connectivity index (χ0n) is 53.8. The van der Waals surface area contributed by atoms with Gasteiger partial charge in [-0.3, -0.25) is 9.59 Å². The molecule has 0 rings (SSSR count). The zero-order chi connectivity index (χ0) is 57.8. The number of carbonyl (C=O) groups is 2. The number of amides is 1. The van der Waals surface area contributed by atoms with Crippen molar-refractivity contribution in [2.24, 2.45) is 0 Å². The lowest BCUT2D eigenvalue weighted by atomic mass is 10.0. The number of esters is 1. The molecular weight excluding hydrogens is 983 g/mol. The van der Waals surface area contributed by atoms with Crippen LogP contribution in [0.1, 0.15) is 386 Å². The molecule has 6 nitrogen and oxygen atoms in total. The van der Waals surface area contributed by atoms with Crippen molar-refractivity contribution in [3.63, 3.8) is 0 Å². The molecule has 0 aliphatic heterocycles. The van der Waals surface area contributed by atoms with Gasteiger partial charge in [-0.2, -0.15) is 0 Å². The molecule has 0 aromatic heterocycles. The van der Waals surface area contributed by atoms with Crippen LogP contribution in [-0.2, 0) is 14.3 Å². The van der Waals surface area contributed by atoms with Gasteiger partial charge in [-0.1, -0.05) is 339 Å². The lowest BCUT2D eigenvalue weighted by molar-refractivity contribution is -0.143. The molecule has 3 N–H and O–H groups in total. The van der Waals surface area contributed by atoms with Crippen LogP contribution < -0.4 is 5.32 Å². The van der Waals surface area contributed by atoms with Crippen LogP contribution in [0.3, 0.4) is 0 Å². The predicted octanol–water partition coefficient (Wildman–Crippen LogP) is 23.3. The Morgan fingerprint density at radius 1 is 0.350 bits per heavy atom. The van der Waals surface area contributed by atoms with Crippen LogP contribution in [0, 0.1) is 0 Å². The fourth-order valence-corrected chi connectivity index (χ4v) is 11.1. The first-order valence-electron chi connectivity index (χ1n) is 35.9. The van der Waals surface area contributed by atoms with Crippen LogP contribution in [-0.4, -0.2) is 47.4 Å². The first-order chi connectivity index (χ1) is 39.5. The number of carbonyl (C=O) groups excluding carboxylic acids is 2. The quantitative estimate of drug-likeness (QED) is 0.0320. The van der Waals surface area contributed by atoms with Crippen LogP contribution in [0.4, 0.5) is 0 Å². The van der Waals surface area contributed by atoms with Gasteiger partial charge < -0.3 is 20.3 Å². The Labute approximate surface area is 499 Å². The highest BCUT2D eigenvalue weighted by Crippen LogP contribution is 2.19. The monoisotopic (exact) mass is 1120 g/mol. The third kappa shape index (κ3) is 65.0. The molecule has 0 spiro atoms. The summed E-state index contributed by atoms with van der Waals surface area (Å²) in [7, 11) is 0. The first-order valence-corrected chi connectivity index (χ1v) is 35.9. The van der Waals surface area contributed by atoms with E-state index in [2.05, 4.69) is 67.8 Å². The van der Waals surface area contributed by atoms with E-state index in [9.17, 15) is 19.8 Å². The Morgan fingerprint density at radius 3 is 1.00 bits per heavy atom. The fourth-order valence-electron chi connectivity index (χ4n) is 11.1. The van der Waals surface area contributed by atoms with E-state index in [0.717, 1.165) is 57.8 Å².